The summed E-state index contributed by atoms with van der Waals surface area (Å²) in [5.74, 6) is -11.5. The molecular formula is C30H26F7NP2. The Hall–Kier alpha value is -2.79. The molecule has 0 aliphatic heterocycles. The van der Waals surface area contributed by atoms with Crippen LogP contribution in [0.15, 0.2) is 121 Å². The Labute approximate surface area is 231 Å². The minimum absolute atomic E-state index is 0.134. The quantitative estimate of drug-likeness (QED) is 0.130. The van der Waals surface area contributed by atoms with Gasteiger partial charge in [-0.1, -0.05) is 121 Å². The molecule has 0 N–H and O–H groups in total. The van der Waals surface area contributed by atoms with E-state index >= 15 is 0 Å². The topological polar surface area (TPSA) is 3.24 Å². The molecule has 0 aliphatic carbocycles. The van der Waals surface area contributed by atoms with E-state index in [0.29, 0.717) is 0 Å². The maximum atomic E-state index is 15.0. The molecule has 40 heavy (non-hydrogen) atoms. The average molecular weight is 595 g/mol. The van der Waals surface area contributed by atoms with Crippen molar-refractivity contribution in [2.75, 3.05) is 19.1 Å². The molecule has 0 aromatic heterocycles. The van der Waals surface area contributed by atoms with Crippen molar-refractivity contribution in [1.82, 2.24) is 4.90 Å². The molecular weight excluding hydrogens is 569 g/mol. The van der Waals surface area contributed by atoms with Gasteiger partial charge in [0.25, 0.3) is 0 Å². The van der Waals surface area contributed by atoms with E-state index in [2.05, 4.69) is 0 Å². The summed E-state index contributed by atoms with van der Waals surface area (Å²) in [6.07, 6.45) is -6.66. The Morgan fingerprint density at radius 3 is 0.975 bits per heavy atom. The zero-order chi connectivity index (χ0) is 28.8. The van der Waals surface area contributed by atoms with Gasteiger partial charge in [-0.25, -0.2) is 0 Å². The summed E-state index contributed by atoms with van der Waals surface area (Å²) < 4.78 is 97.6. The van der Waals surface area contributed by atoms with Crippen LogP contribution < -0.4 is 21.2 Å². The molecule has 1 nitrogen and oxygen atoms in total. The molecule has 0 heterocycles. The molecule has 0 unspecified atom stereocenters. The second kappa shape index (κ2) is 12.8. The summed E-state index contributed by atoms with van der Waals surface area (Å²) in [7, 11) is -2.80. The SMILES string of the molecule is FC(F)(F)C(F)(F)C(F)(F)CN(CP(c1ccccc1)c1ccccc1)CP(c1ccccc1)c1ccccc1. The van der Waals surface area contributed by atoms with Gasteiger partial charge in [0.1, 0.15) is 0 Å². The van der Waals surface area contributed by atoms with Crippen LogP contribution in [0.2, 0.25) is 0 Å². The van der Waals surface area contributed by atoms with Gasteiger partial charge in [-0.05, 0) is 37.1 Å². The first-order valence-corrected chi connectivity index (χ1v) is 15.3. The third kappa shape index (κ3) is 7.09. The number of benzene rings is 4. The van der Waals surface area contributed by atoms with Gasteiger partial charge in [0, 0.05) is 12.6 Å². The van der Waals surface area contributed by atoms with Gasteiger partial charge in [0.15, 0.2) is 0 Å². The van der Waals surface area contributed by atoms with Crippen LogP contribution in [0.1, 0.15) is 0 Å². The van der Waals surface area contributed by atoms with Crippen LogP contribution in [0, 0.1) is 0 Å². The number of alkyl halides is 7. The maximum Gasteiger partial charge on any atom is 0.459 e. The largest absolute Gasteiger partial charge is 0.459 e. The molecule has 0 fully saturated rings. The lowest BCUT2D eigenvalue weighted by Gasteiger charge is -2.36. The van der Waals surface area contributed by atoms with Crippen molar-refractivity contribution in [1.29, 1.82) is 0 Å². The Kier molecular flexibility index (Phi) is 9.66. The number of hydrogen-bond donors (Lipinski definition) is 0. The minimum Gasteiger partial charge on any atom is -0.288 e. The van der Waals surface area contributed by atoms with Gasteiger partial charge < -0.3 is 0 Å². The highest BCUT2D eigenvalue weighted by Gasteiger charge is 2.73. The molecule has 4 aromatic carbocycles. The smallest absolute Gasteiger partial charge is 0.288 e. The summed E-state index contributed by atoms with van der Waals surface area (Å²) in [5.41, 5.74) is 0. The van der Waals surface area contributed by atoms with Gasteiger partial charge in [-0.3, -0.25) is 4.90 Å². The molecule has 4 rings (SSSR count). The predicted octanol–water partition coefficient (Wildman–Crippen LogP) is 7.30. The van der Waals surface area contributed by atoms with Crippen molar-refractivity contribution >= 4 is 37.1 Å². The highest BCUT2D eigenvalue weighted by molar-refractivity contribution is 7.73. The molecule has 0 spiro atoms. The van der Waals surface area contributed by atoms with Gasteiger partial charge in [0.2, 0.25) is 0 Å². The highest BCUT2D eigenvalue weighted by Crippen LogP contribution is 2.48. The van der Waals surface area contributed by atoms with E-state index in [9.17, 15) is 30.7 Å². The Morgan fingerprint density at radius 1 is 0.450 bits per heavy atom. The fraction of sp³-hybridized carbons (Fsp3) is 0.200. The molecule has 210 valence electrons. The Balaban J connectivity index is 1.78. The monoisotopic (exact) mass is 595 g/mol. The van der Waals surface area contributed by atoms with E-state index in [1.165, 1.54) is 0 Å². The average Bonchev–Trinajstić information content (AvgIpc) is 2.95. The van der Waals surface area contributed by atoms with Crippen molar-refractivity contribution in [2.45, 2.75) is 18.0 Å². The normalized spacial score (nSPS) is 12.8. The lowest BCUT2D eigenvalue weighted by molar-refractivity contribution is -0.355. The molecule has 4 aromatic rings. The van der Waals surface area contributed by atoms with Crippen molar-refractivity contribution in [2.24, 2.45) is 0 Å². The first-order valence-electron chi connectivity index (χ1n) is 12.3. The first kappa shape index (κ1) is 30.2. The zero-order valence-corrected chi connectivity index (χ0v) is 22.9. The summed E-state index contributed by atoms with van der Waals surface area (Å²) >= 11 is 0. The summed E-state index contributed by atoms with van der Waals surface area (Å²) in [4.78, 5) is 1.09. The molecule has 0 radical (unpaired) electrons. The van der Waals surface area contributed by atoms with Crippen molar-refractivity contribution < 1.29 is 30.7 Å². The Bertz CT molecular complexity index is 1160. The van der Waals surface area contributed by atoms with Crippen LogP contribution in [0.25, 0.3) is 0 Å². The molecule has 0 atom stereocenters. The molecule has 10 heteroatoms. The van der Waals surface area contributed by atoms with E-state index < -0.39 is 40.4 Å². The van der Waals surface area contributed by atoms with Crippen LogP contribution in [0.3, 0.4) is 0 Å². The van der Waals surface area contributed by atoms with Gasteiger partial charge in [-0.2, -0.15) is 30.7 Å². The highest BCUT2D eigenvalue weighted by atomic mass is 31.1. The van der Waals surface area contributed by atoms with Crippen LogP contribution >= 0.6 is 15.8 Å². The van der Waals surface area contributed by atoms with Gasteiger partial charge in [0.05, 0.1) is 6.54 Å². The van der Waals surface area contributed by atoms with Crippen molar-refractivity contribution in [3.8, 4) is 0 Å². The lowest BCUT2D eigenvalue weighted by atomic mass is 10.1. The lowest BCUT2D eigenvalue weighted by Crippen LogP contribution is -2.57. The summed E-state index contributed by atoms with van der Waals surface area (Å²) in [5, 5.41) is 3.18. The molecule has 0 amide bonds. The second-order valence-corrected chi connectivity index (χ2v) is 13.4. The van der Waals surface area contributed by atoms with Gasteiger partial charge >= 0.3 is 18.0 Å². The number of rotatable bonds is 11. The molecule has 0 saturated carbocycles. The summed E-state index contributed by atoms with van der Waals surface area (Å²) in [6, 6.07) is 36.0. The van der Waals surface area contributed by atoms with Crippen molar-refractivity contribution in [3.63, 3.8) is 0 Å². The third-order valence-corrected chi connectivity index (χ3v) is 11.2. The van der Waals surface area contributed by atoms with E-state index in [-0.39, 0.29) is 12.6 Å². The zero-order valence-electron chi connectivity index (χ0n) is 21.2. The predicted molar refractivity (Wildman–Crippen MR) is 151 cm³/mol. The minimum atomic E-state index is -6.39. The van der Waals surface area contributed by atoms with Crippen LogP contribution in [0.4, 0.5) is 30.7 Å². The molecule has 0 bridgehead atoms. The third-order valence-electron chi connectivity index (χ3n) is 6.19. The second-order valence-electron chi connectivity index (χ2n) is 9.09. The van der Waals surface area contributed by atoms with E-state index in [1.807, 2.05) is 48.5 Å². The fourth-order valence-corrected chi connectivity index (χ4v) is 8.92. The molecule has 0 aliphatic rings. The number of hydrogen-bond acceptors (Lipinski definition) is 1. The fourth-order valence-electron chi connectivity index (χ4n) is 4.19. The van der Waals surface area contributed by atoms with E-state index in [1.54, 1.807) is 72.8 Å². The first-order chi connectivity index (χ1) is 19.0. The maximum absolute atomic E-state index is 15.0. The van der Waals surface area contributed by atoms with Crippen LogP contribution in [0.5, 0.6) is 0 Å². The van der Waals surface area contributed by atoms with E-state index in [4.69, 9.17) is 0 Å². The number of nitrogens with zero attached hydrogens (tertiary/aromatic N) is 1. The number of halogens is 7. The van der Waals surface area contributed by atoms with Crippen LogP contribution in [-0.2, 0) is 0 Å². The van der Waals surface area contributed by atoms with Gasteiger partial charge in [-0.15, -0.1) is 0 Å². The Morgan fingerprint density at radius 2 is 0.725 bits per heavy atom. The van der Waals surface area contributed by atoms with Crippen molar-refractivity contribution in [3.05, 3.63) is 121 Å². The van der Waals surface area contributed by atoms with E-state index in [0.717, 1.165) is 26.1 Å². The standard InChI is InChI=1S/C30H26F7NP2/c31-28(32,29(33,34)30(35,36)37)21-38(22-39(24-13-5-1-6-14-24)25-15-7-2-8-16-25)23-40(26-17-9-3-10-18-26)27-19-11-4-12-20-27/h1-20H,21-23H2. The summed E-state index contributed by atoms with van der Waals surface area (Å²) in [6.45, 7) is -1.75. The molecule has 0 saturated heterocycles. The van der Waals surface area contributed by atoms with Crippen LogP contribution in [-0.4, -0.2) is 42.0 Å².